The highest BCUT2D eigenvalue weighted by molar-refractivity contribution is 5.73. The van der Waals surface area contributed by atoms with Gasteiger partial charge < -0.3 is 4.90 Å². The second-order valence-electron chi connectivity index (χ2n) is 5.91. The predicted molar refractivity (Wildman–Crippen MR) is 69.8 cm³/mol. The maximum atomic E-state index is 11.5. The first-order chi connectivity index (χ1) is 8.09. The maximum Gasteiger partial charge on any atom is 0.219 e. The smallest absolute Gasteiger partial charge is 0.219 e. The lowest BCUT2D eigenvalue weighted by atomic mass is 9.88. The van der Waals surface area contributed by atoms with Gasteiger partial charge >= 0.3 is 0 Å². The van der Waals surface area contributed by atoms with Crippen molar-refractivity contribution in [3.8, 4) is 0 Å². The van der Waals surface area contributed by atoms with Crippen molar-refractivity contribution in [1.29, 1.82) is 0 Å². The summed E-state index contributed by atoms with van der Waals surface area (Å²) in [5.41, 5.74) is 0. The van der Waals surface area contributed by atoms with E-state index in [-0.39, 0.29) is 5.91 Å². The fourth-order valence-corrected chi connectivity index (χ4v) is 3.53. The Morgan fingerprint density at radius 2 is 1.94 bits per heavy atom. The molecule has 0 saturated carbocycles. The SMILES string of the molecule is CC(=O)N1CC[C@@H]2[C@H](CCCCN2C(C)C)C1. The third-order valence-electron chi connectivity index (χ3n) is 4.47. The number of amides is 1. The van der Waals surface area contributed by atoms with Gasteiger partial charge in [0, 0.05) is 32.1 Å². The largest absolute Gasteiger partial charge is 0.343 e. The molecule has 2 atom stereocenters. The molecule has 1 amide bonds. The molecule has 0 bridgehead atoms. The summed E-state index contributed by atoms with van der Waals surface area (Å²) in [6.07, 6.45) is 5.13. The van der Waals surface area contributed by atoms with Crippen LogP contribution in [0.25, 0.3) is 0 Å². The third kappa shape index (κ3) is 2.82. The molecule has 2 rings (SSSR count). The zero-order valence-electron chi connectivity index (χ0n) is 11.5. The van der Waals surface area contributed by atoms with Crippen molar-refractivity contribution in [2.75, 3.05) is 19.6 Å². The zero-order valence-corrected chi connectivity index (χ0v) is 11.5. The molecule has 2 aliphatic rings. The van der Waals surface area contributed by atoms with Gasteiger partial charge in [-0.05, 0) is 45.6 Å². The Morgan fingerprint density at radius 1 is 1.18 bits per heavy atom. The molecule has 3 heteroatoms. The van der Waals surface area contributed by atoms with Crippen LogP contribution in [0.5, 0.6) is 0 Å². The number of carbonyl (C=O) groups excluding carboxylic acids is 1. The second-order valence-corrected chi connectivity index (χ2v) is 5.91. The number of nitrogens with zero attached hydrogens (tertiary/aromatic N) is 2. The highest BCUT2D eigenvalue weighted by Crippen LogP contribution is 2.31. The number of rotatable bonds is 1. The number of carbonyl (C=O) groups is 1. The van der Waals surface area contributed by atoms with Crippen LogP contribution in [0.4, 0.5) is 0 Å². The summed E-state index contributed by atoms with van der Waals surface area (Å²) >= 11 is 0. The van der Waals surface area contributed by atoms with Crippen LogP contribution in [0.1, 0.15) is 46.5 Å². The number of likely N-dealkylation sites (tertiary alicyclic amines) is 2. The first-order valence-corrected chi connectivity index (χ1v) is 7.11. The minimum Gasteiger partial charge on any atom is -0.343 e. The Bertz CT molecular complexity index is 277. The van der Waals surface area contributed by atoms with Crippen LogP contribution in [0.15, 0.2) is 0 Å². The standard InChI is InChI=1S/C14H26N2O/c1-11(2)16-8-5-4-6-13-10-15(12(3)17)9-7-14(13)16/h11,13-14H,4-10H2,1-3H3/t13-,14-/m1/s1. The molecule has 0 spiro atoms. The van der Waals surface area contributed by atoms with Gasteiger partial charge in [-0.1, -0.05) is 6.42 Å². The van der Waals surface area contributed by atoms with Crippen LogP contribution in [-0.4, -0.2) is 47.4 Å². The van der Waals surface area contributed by atoms with E-state index in [4.69, 9.17) is 0 Å². The van der Waals surface area contributed by atoms with Gasteiger partial charge in [-0.15, -0.1) is 0 Å². The molecule has 0 aromatic carbocycles. The van der Waals surface area contributed by atoms with Crippen LogP contribution in [-0.2, 0) is 4.79 Å². The van der Waals surface area contributed by atoms with E-state index in [1.54, 1.807) is 6.92 Å². The van der Waals surface area contributed by atoms with Gasteiger partial charge in [-0.3, -0.25) is 9.69 Å². The predicted octanol–water partition coefficient (Wildman–Crippen LogP) is 2.12. The van der Waals surface area contributed by atoms with Crippen LogP contribution in [0, 0.1) is 5.92 Å². The molecule has 0 aromatic heterocycles. The molecular formula is C14H26N2O. The lowest BCUT2D eigenvalue weighted by molar-refractivity contribution is -0.131. The van der Waals surface area contributed by atoms with E-state index in [1.807, 2.05) is 4.90 Å². The Labute approximate surface area is 105 Å². The summed E-state index contributed by atoms with van der Waals surface area (Å²) in [4.78, 5) is 16.2. The van der Waals surface area contributed by atoms with Crippen molar-refractivity contribution in [3.05, 3.63) is 0 Å². The topological polar surface area (TPSA) is 23.6 Å². The molecule has 2 saturated heterocycles. The van der Waals surface area contributed by atoms with E-state index in [0.717, 1.165) is 13.1 Å². The van der Waals surface area contributed by atoms with Gasteiger partial charge in [0.2, 0.25) is 5.91 Å². The Morgan fingerprint density at radius 3 is 2.59 bits per heavy atom. The van der Waals surface area contributed by atoms with Gasteiger partial charge in [-0.25, -0.2) is 0 Å². The average Bonchev–Trinajstić information content (AvgIpc) is 2.49. The van der Waals surface area contributed by atoms with E-state index >= 15 is 0 Å². The number of fused-ring (bicyclic) bond motifs is 1. The molecule has 0 radical (unpaired) electrons. The van der Waals surface area contributed by atoms with Crippen molar-refractivity contribution in [2.24, 2.45) is 5.92 Å². The number of hydrogen-bond donors (Lipinski definition) is 0. The minimum absolute atomic E-state index is 0.254. The molecule has 2 heterocycles. The van der Waals surface area contributed by atoms with E-state index < -0.39 is 0 Å². The van der Waals surface area contributed by atoms with Crippen LogP contribution in [0.3, 0.4) is 0 Å². The summed E-state index contributed by atoms with van der Waals surface area (Å²) in [5, 5.41) is 0. The van der Waals surface area contributed by atoms with Gasteiger partial charge in [0.15, 0.2) is 0 Å². The highest BCUT2D eigenvalue weighted by atomic mass is 16.2. The van der Waals surface area contributed by atoms with Crippen molar-refractivity contribution in [2.45, 2.75) is 58.5 Å². The van der Waals surface area contributed by atoms with Crippen molar-refractivity contribution in [1.82, 2.24) is 9.80 Å². The molecule has 3 nitrogen and oxygen atoms in total. The van der Waals surface area contributed by atoms with E-state index in [1.165, 1.54) is 32.2 Å². The van der Waals surface area contributed by atoms with Crippen LogP contribution in [0.2, 0.25) is 0 Å². The molecule has 17 heavy (non-hydrogen) atoms. The van der Waals surface area contributed by atoms with Crippen molar-refractivity contribution in [3.63, 3.8) is 0 Å². The minimum atomic E-state index is 0.254. The molecule has 98 valence electrons. The summed E-state index contributed by atoms with van der Waals surface area (Å²) in [6.45, 7) is 9.51. The van der Waals surface area contributed by atoms with E-state index in [2.05, 4.69) is 18.7 Å². The van der Waals surface area contributed by atoms with Gasteiger partial charge in [0.25, 0.3) is 0 Å². The molecule has 2 fully saturated rings. The highest BCUT2D eigenvalue weighted by Gasteiger charge is 2.35. The fraction of sp³-hybridized carbons (Fsp3) is 0.929. The summed E-state index contributed by atoms with van der Waals surface area (Å²) in [6, 6.07) is 1.36. The first-order valence-electron chi connectivity index (χ1n) is 7.11. The van der Waals surface area contributed by atoms with E-state index in [0.29, 0.717) is 18.0 Å². The Kier molecular flexibility index (Phi) is 4.08. The van der Waals surface area contributed by atoms with E-state index in [9.17, 15) is 4.79 Å². The van der Waals surface area contributed by atoms with Crippen LogP contribution >= 0.6 is 0 Å². The Balaban J connectivity index is 2.07. The Hall–Kier alpha value is -0.570. The first kappa shape index (κ1) is 12.9. The lowest BCUT2D eigenvalue weighted by Crippen LogP contribution is -2.53. The molecule has 0 N–H and O–H groups in total. The zero-order chi connectivity index (χ0) is 12.4. The number of piperidine rings is 1. The van der Waals surface area contributed by atoms with Crippen LogP contribution < -0.4 is 0 Å². The second kappa shape index (κ2) is 5.38. The molecule has 2 aliphatic heterocycles. The summed E-state index contributed by atoms with van der Waals surface area (Å²) < 4.78 is 0. The summed E-state index contributed by atoms with van der Waals surface area (Å²) in [7, 11) is 0. The number of hydrogen-bond acceptors (Lipinski definition) is 2. The quantitative estimate of drug-likeness (QED) is 0.698. The molecule has 0 unspecified atom stereocenters. The van der Waals surface area contributed by atoms with Crippen molar-refractivity contribution < 1.29 is 4.79 Å². The monoisotopic (exact) mass is 238 g/mol. The normalized spacial score (nSPS) is 31.2. The molecule has 0 aromatic rings. The average molecular weight is 238 g/mol. The fourth-order valence-electron chi connectivity index (χ4n) is 3.53. The third-order valence-corrected chi connectivity index (χ3v) is 4.47. The van der Waals surface area contributed by atoms with Gasteiger partial charge in [-0.2, -0.15) is 0 Å². The lowest BCUT2D eigenvalue weighted by Gasteiger charge is -2.44. The van der Waals surface area contributed by atoms with Gasteiger partial charge in [0.05, 0.1) is 0 Å². The summed E-state index contributed by atoms with van der Waals surface area (Å²) in [5.74, 6) is 0.960. The van der Waals surface area contributed by atoms with Gasteiger partial charge in [0.1, 0.15) is 0 Å². The van der Waals surface area contributed by atoms with Crippen molar-refractivity contribution >= 4 is 5.91 Å². The molecule has 0 aliphatic carbocycles. The molecular weight excluding hydrogens is 212 g/mol. The maximum absolute atomic E-state index is 11.5.